The zero-order valence-electron chi connectivity index (χ0n) is 23.4. The van der Waals surface area contributed by atoms with E-state index >= 15 is 0 Å². The molecule has 2 aromatic rings. The minimum absolute atomic E-state index is 0.0163. The van der Waals surface area contributed by atoms with E-state index in [0.717, 1.165) is 19.0 Å². The van der Waals surface area contributed by atoms with Crippen LogP contribution in [0.1, 0.15) is 54.4 Å². The molecule has 2 aromatic carbocycles. The molecule has 0 radical (unpaired) electrons. The molecule has 1 fully saturated rings. The number of likely N-dealkylation sites (tertiary alicyclic amines) is 1. The van der Waals surface area contributed by atoms with Gasteiger partial charge >= 0.3 is 7.94 Å². The highest BCUT2D eigenvalue weighted by Gasteiger charge is 2.52. The SMILES string of the molecule is CN1CCC[C@@H]1[C@H](C[Si](C)(c1ccccc1)c1ccccc1)O[P+](C)(OC(C)(C)C)OC(C)(C)C. The van der Waals surface area contributed by atoms with Gasteiger partial charge in [0, 0.05) is 6.04 Å². The molecule has 1 aliphatic heterocycles. The van der Waals surface area contributed by atoms with E-state index in [2.05, 4.69) is 127 Å². The summed E-state index contributed by atoms with van der Waals surface area (Å²) in [4.78, 5) is 2.48. The minimum Gasteiger partial charge on any atom is -0.301 e. The second-order valence-electron chi connectivity index (χ2n) is 12.3. The van der Waals surface area contributed by atoms with E-state index in [1.807, 2.05) is 0 Å². The van der Waals surface area contributed by atoms with Crippen LogP contribution < -0.4 is 10.4 Å². The van der Waals surface area contributed by atoms with E-state index in [9.17, 15) is 0 Å². The summed E-state index contributed by atoms with van der Waals surface area (Å²) in [5.41, 5.74) is -0.723. The van der Waals surface area contributed by atoms with Crippen LogP contribution in [-0.4, -0.2) is 56.6 Å². The van der Waals surface area contributed by atoms with Crippen LogP contribution in [0.4, 0.5) is 0 Å². The molecule has 0 amide bonds. The summed E-state index contributed by atoms with van der Waals surface area (Å²) in [5, 5.41) is 2.88. The number of rotatable bonds is 9. The van der Waals surface area contributed by atoms with Gasteiger partial charge in [-0.2, -0.15) is 13.6 Å². The average molecular weight is 517 g/mol. The third kappa shape index (κ3) is 7.95. The quantitative estimate of drug-likeness (QED) is 0.286. The maximum absolute atomic E-state index is 7.14. The number of likely N-dealkylation sites (N-methyl/N-ethyl adjacent to an activating group) is 1. The van der Waals surface area contributed by atoms with Crippen molar-refractivity contribution in [1.82, 2.24) is 4.90 Å². The summed E-state index contributed by atoms with van der Waals surface area (Å²) in [5.74, 6) is 0. The molecule has 0 unspecified atom stereocenters. The number of hydrogen-bond acceptors (Lipinski definition) is 4. The number of hydrogen-bond donors (Lipinski definition) is 0. The van der Waals surface area contributed by atoms with Crippen LogP contribution in [0.15, 0.2) is 60.7 Å². The van der Waals surface area contributed by atoms with Crippen molar-refractivity contribution in [3.8, 4) is 0 Å². The van der Waals surface area contributed by atoms with Crippen molar-refractivity contribution in [2.24, 2.45) is 0 Å². The molecule has 4 nitrogen and oxygen atoms in total. The Balaban J connectivity index is 2.05. The van der Waals surface area contributed by atoms with Crippen LogP contribution >= 0.6 is 7.94 Å². The van der Waals surface area contributed by atoms with Gasteiger partial charge < -0.3 is 4.90 Å². The Bertz CT molecular complexity index is 871. The average Bonchev–Trinajstić information content (AvgIpc) is 3.17. The van der Waals surface area contributed by atoms with Crippen molar-refractivity contribution in [2.75, 3.05) is 20.3 Å². The first-order valence-corrected chi connectivity index (χ1v) is 17.7. The molecule has 1 heterocycles. The van der Waals surface area contributed by atoms with Crippen LogP contribution in [0.25, 0.3) is 0 Å². The Morgan fingerprint density at radius 1 is 0.886 bits per heavy atom. The van der Waals surface area contributed by atoms with E-state index < -0.39 is 16.0 Å². The van der Waals surface area contributed by atoms with Gasteiger partial charge in [-0.1, -0.05) is 77.6 Å². The fraction of sp³-hybridized carbons (Fsp3) is 0.586. The van der Waals surface area contributed by atoms with Gasteiger partial charge in [-0.15, -0.1) is 0 Å². The predicted octanol–water partition coefficient (Wildman–Crippen LogP) is 6.38. The van der Waals surface area contributed by atoms with Gasteiger partial charge in [-0.05, 0) is 74.0 Å². The molecular formula is C29H47NO3PSi+. The molecular weight excluding hydrogens is 469 g/mol. The van der Waals surface area contributed by atoms with Crippen molar-refractivity contribution in [2.45, 2.75) is 90.3 Å². The van der Waals surface area contributed by atoms with Crippen LogP contribution in [0, 0.1) is 0 Å². The Morgan fingerprint density at radius 3 is 1.71 bits per heavy atom. The third-order valence-electron chi connectivity index (χ3n) is 6.64. The first kappa shape index (κ1) is 28.5. The highest BCUT2D eigenvalue weighted by molar-refractivity contribution is 7.60. The topological polar surface area (TPSA) is 30.9 Å². The smallest absolute Gasteiger partial charge is 0.301 e. The predicted molar refractivity (Wildman–Crippen MR) is 154 cm³/mol. The second-order valence-corrected chi connectivity index (χ2v) is 18.6. The minimum atomic E-state index is -2.62. The van der Waals surface area contributed by atoms with E-state index in [1.165, 1.54) is 16.8 Å². The fourth-order valence-corrected chi connectivity index (χ4v) is 12.2. The summed E-state index contributed by atoms with van der Waals surface area (Å²) in [6.45, 7) is 18.2. The maximum Gasteiger partial charge on any atom is 0.409 e. The standard InChI is InChI=1S/C29H47NO3PSi/c1-28(2,3)32-34(8,33-29(4,5)6)31-27(26-21-16-22-30(26)7)23-35(9,24-17-12-10-13-18-24)25-19-14-11-15-20-25/h10-15,17-20,26-27H,16,21-23H2,1-9H3/q+1/t26-,27+/m1/s1. The van der Waals surface area contributed by atoms with Crippen molar-refractivity contribution >= 4 is 26.4 Å². The number of benzene rings is 2. The molecule has 194 valence electrons. The molecule has 0 bridgehead atoms. The molecule has 1 saturated heterocycles. The maximum atomic E-state index is 7.14. The molecule has 0 spiro atoms. The summed E-state index contributed by atoms with van der Waals surface area (Å²) < 4.78 is 20.4. The first-order chi connectivity index (χ1) is 16.2. The lowest BCUT2D eigenvalue weighted by atomic mass is 10.1. The highest BCUT2D eigenvalue weighted by Crippen LogP contribution is 2.65. The third-order valence-corrected chi connectivity index (χ3v) is 13.5. The molecule has 0 aliphatic carbocycles. The van der Waals surface area contributed by atoms with Gasteiger partial charge in [0.2, 0.25) is 0 Å². The molecule has 0 N–H and O–H groups in total. The highest BCUT2D eigenvalue weighted by atomic mass is 31.2. The van der Waals surface area contributed by atoms with Gasteiger partial charge in [0.1, 0.15) is 32.0 Å². The molecule has 35 heavy (non-hydrogen) atoms. The normalized spacial score (nSPS) is 19.2. The molecule has 0 saturated carbocycles. The Hall–Kier alpha value is -1.07. The van der Waals surface area contributed by atoms with Crippen molar-refractivity contribution in [3.05, 3.63) is 60.7 Å². The second kappa shape index (κ2) is 11.1. The van der Waals surface area contributed by atoms with E-state index in [1.54, 1.807) is 0 Å². The lowest BCUT2D eigenvalue weighted by Gasteiger charge is -2.39. The van der Waals surface area contributed by atoms with Gasteiger partial charge in [-0.3, -0.25) is 0 Å². The van der Waals surface area contributed by atoms with Crippen LogP contribution in [0.3, 0.4) is 0 Å². The van der Waals surface area contributed by atoms with Crippen LogP contribution in [-0.2, 0) is 13.6 Å². The Morgan fingerprint density at radius 2 is 1.34 bits per heavy atom. The fourth-order valence-electron chi connectivity index (χ4n) is 5.37. The zero-order valence-corrected chi connectivity index (χ0v) is 25.3. The summed E-state index contributed by atoms with van der Waals surface area (Å²) in [7, 11) is -2.51. The van der Waals surface area contributed by atoms with E-state index in [-0.39, 0.29) is 17.3 Å². The molecule has 2 atom stereocenters. The summed E-state index contributed by atoms with van der Waals surface area (Å²) in [6.07, 6.45) is 2.36. The summed E-state index contributed by atoms with van der Waals surface area (Å²) >= 11 is 0. The van der Waals surface area contributed by atoms with Crippen LogP contribution in [0.5, 0.6) is 0 Å². The zero-order chi connectivity index (χ0) is 25.9. The molecule has 6 heteroatoms. The first-order valence-electron chi connectivity index (χ1n) is 13.0. The Kier molecular flexibility index (Phi) is 9.06. The van der Waals surface area contributed by atoms with Gasteiger partial charge in [0.15, 0.2) is 0 Å². The van der Waals surface area contributed by atoms with Crippen molar-refractivity contribution < 1.29 is 13.6 Å². The number of nitrogens with zero attached hydrogens (tertiary/aromatic N) is 1. The van der Waals surface area contributed by atoms with E-state index in [0.29, 0.717) is 6.04 Å². The molecule has 3 rings (SSSR count). The monoisotopic (exact) mass is 516 g/mol. The summed E-state index contributed by atoms with van der Waals surface area (Å²) in [6, 6.07) is 23.5. The molecule has 1 aliphatic rings. The largest absolute Gasteiger partial charge is 0.409 e. The lowest BCUT2D eigenvalue weighted by molar-refractivity contribution is -0.00496. The van der Waals surface area contributed by atoms with Gasteiger partial charge in [0.25, 0.3) is 0 Å². The van der Waals surface area contributed by atoms with E-state index in [4.69, 9.17) is 13.6 Å². The van der Waals surface area contributed by atoms with Crippen LogP contribution in [0.2, 0.25) is 12.6 Å². The Labute approximate surface area is 216 Å². The molecule has 0 aromatic heterocycles. The van der Waals surface area contributed by atoms with Gasteiger partial charge in [0.05, 0.1) is 0 Å². The van der Waals surface area contributed by atoms with Gasteiger partial charge in [-0.25, -0.2) is 0 Å². The van der Waals surface area contributed by atoms with Crippen molar-refractivity contribution in [1.29, 1.82) is 0 Å². The van der Waals surface area contributed by atoms with Crippen molar-refractivity contribution in [3.63, 3.8) is 0 Å². The lowest BCUT2D eigenvalue weighted by Crippen LogP contribution is -2.59.